The molecule has 0 saturated carbocycles. The third-order valence-corrected chi connectivity index (χ3v) is 4.42. The molecule has 0 spiro atoms. The second-order valence-electron chi connectivity index (χ2n) is 5.92. The van der Waals surface area contributed by atoms with Gasteiger partial charge in [-0.15, -0.1) is 0 Å². The van der Waals surface area contributed by atoms with Crippen LogP contribution in [0.25, 0.3) is 0 Å². The third-order valence-electron chi connectivity index (χ3n) is 4.42. The summed E-state index contributed by atoms with van der Waals surface area (Å²) in [7, 11) is 2.22. The van der Waals surface area contributed by atoms with Crippen molar-refractivity contribution in [3.63, 3.8) is 0 Å². The van der Waals surface area contributed by atoms with E-state index in [1.165, 1.54) is 68.8 Å². The van der Waals surface area contributed by atoms with Gasteiger partial charge in [-0.25, -0.2) is 0 Å². The molecule has 3 heteroatoms. The topological polar surface area (TPSA) is 18.5 Å². The average Bonchev–Trinajstić information content (AvgIpc) is 2.88. The highest BCUT2D eigenvalue weighted by Crippen LogP contribution is 2.23. The summed E-state index contributed by atoms with van der Waals surface area (Å²) in [6, 6.07) is 6.95. The lowest BCUT2D eigenvalue weighted by atomic mass is 10.0. The van der Waals surface area contributed by atoms with Crippen LogP contribution in [-0.2, 0) is 12.8 Å². The van der Waals surface area contributed by atoms with Crippen LogP contribution in [0.5, 0.6) is 0 Å². The first-order valence-corrected chi connectivity index (χ1v) is 7.58. The van der Waals surface area contributed by atoms with Crippen LogP contribution in [0.2, 0.25) is 0 Å². The molecule has 3 nitrogen and oxygen atoms in total. The summed E-state index contributed by atoms with van der Waals surface area (Å²) in [6.07, 6.45) is 3.71. The van der Waals surface area contributed by atoms with Crippen molar-refractivity contribution in [2.75, 3.05) is 51.6 Å². The summed E-state index contributed by atoms with van der Waals surface area (Å²) in [5.41, 5.74) is 4.37. The average molecular weight is 259 g/mol. The monoisotopic (exact) mass is 259 g/mol. The van der Waals surface area contributed by atoms with Crippen molar-refractivity contribution < 1.29 is 0 Å². The zero-order chi connectivity index (χ0) is 13.1. The summed E-state index contributed by atoms with van der Waals surface area (Å²) in [6.45, 7) is 7.30. The van der Waals surface area contributed by atoms with Gasteiger partial charge in [0.05, 0.1) is 0 Å². The number of nitrogens with zero attached hydrogens (tertiary/aromatic N) is 2. The van der Waals surface area contributed by atoms with Gasteiger partial charge < -0.3 is 15.1 Å². The molecule has 0 aromatic heterocycles. The SMILES string of the molecule is CN1CCN(CCCc2ccc3c(c2)CCN3)CC1. The van der Waals surface area contributed by atoms with Gasteiger partial charge >= 0.3 is 0 Å². The van der Waals surface area contributed by atoms with Gasteiger partial charge in [-0.1, -0.05) is 12.1 Å². The molecular weight excluding hydrogens is 234 g/mol. The molecule has 104 valence electrons. The van der Waals surface area contributed by atoms with Gasteiger partial charge in [-0.3, -0.25) is 0 Å². The Hall–Kier alpha value is -1.06. The zero-order valence-corrected chi connectivity index (χ0v) is 12.0. The van der Waals surface area contributed by atoms with Gasteiger partial charge in [0.1, 0.15) is 0 Å². The van der Waals surface area contributed by atoms with E-state index in [1.54, 1.807) is 0 Å². The molecule has 1 N–H and O–H groups in total. The van der Waals surface area contributed by atoms with Gasteiger partial charge in [0, 0.05) is 38.4 Å². The second kappa shape index (κ2) is 5.93. The maximum Gasteiger partial charge on any atom is 0.0373 e. The van der Waals surface area contributed by atoms with E-state index in [9.17, 15) is 0 Å². The molecule has 1 aromatic carbocycles. The molecule has 2 aliphatic rings. The maximum atomic E-state index is 3.43. The predicted molar refractivity (Wildman–Crippen MR) is 80.9 cm³/mol. The number of benzene rings is 1. The second-order valence-corrected chi connectivity index (χ2v) is 5.92. The number of anilines is 1. The lowest BCUT2D eigenvalue weighted by Gasteiger charge is -2.32. The molecule has 0 radical (unpaired) electrons. The van der Waals surface area contributed by atoms with Gasteiger partial charge in [0.2, 0.25) is 0 Å². The van der Waals surface area contributed by atoms with Crippen LogP contribution in [0.15, 0.2) is 18.2 Å². The fourth-order valence-electron chi connectivity index (χ4n) is 3.09. The van der Waals surface area contributed by atoms with E-state index in [-0.39, 0.29) is 0 Å². The summed E-state index contributed by atoms with van der Waals surface area (Å²) < 4.78 is 0. The van der Waals surface area contributed by atoms with E-state index in [4.69, 9.17) is 0 Å². The molecular formula is C16H25N3. The standard InChI is InChI=1S/C16H25N3/c1-18-9-11-19(12-10-18)8-2-3-14-4-5-16-15(13-14)6-7-17-16/h4-5,13,17H,2-3,6-12H2,1H3. The predicted octanol–water partition coefficient (Wildman–Crippen LogP) is 1.83. The van der Waals surface area contributed by atoms with Crippen molar-refractivity contribution in [1.82, 2.24) is 9.80 Å². The molecule has 0 amide bonds. The smallest absolute Gasteiger partial charge is 0.0373 e. The Labute approximate surface area is 116 Å². The zero-order valence-electron chi connectivity index (χ0n) is 12.0. The molecule has 1 saturated heterocycles. The number of rotatable bonds is 4. The maximum absolute atomic E-state index is 3.43. The van der Waals surface area contributed by atoms with Crippen LogP contribution in [0.1, 0.15) is 17.5 Å². The minimum Gasteiger partial charge on any atom is -0.384 e. The number of nitrogens with one attached hydrogen (secondary N) is 1. The number of likely N-dealkylation sites (N-methyl/N-ethyl adjacent to an activating group) is 1. The largest absolute Gasteiger partial charge is 0.384 e. The first-order valence-electron chi connectivity index (χ1n) is 7.58. The summed E-state index contributed by atoms with van der Waals surface area (Å²) in [5, 5.41) is 3.43. The molecule has 1 aromatic rings. The van der Waals surface area contributed by atoms with E-state index < -0.39 is 0 Å². The van der Waals surface area contributed by atoms with Gasteiger partial charge in [-0.05, 0) is 50.0 Å². The lowest BCUT2D eigenvalue weighted by Crippen LogP contribution is -2.44. The minimum absolute atomic E-state index is 1.11. The number of hydrogen-bond acceptors (Lipinski definition) is 3. The van der Waals surface area contributed by atoms with Crippen LogP contribution in [-0.4, -0.2) is 56.1 Å². The Kier molecular flexibility index (Phi) is 4.04. The summed E-state index contributed by atoms with van der Waals surface area (Å²) in [5.74, 6) is 0. The Morgan fingerprint density at radius 3 is 2.84 bits per heavy atom. The highest BCUT2D eigenvalue weighted by Gasteiger charge is 2.13. The van der Waals surface area contributed by atoms with Crippen LogP contribution >= 0.6 is 0 Å². The Bertz CT molecular complexity index is 422. The van der Waals surface area contributed by atoms with Crippen LogP contribution in [0.3, 0.4) is 0 Å². The lowest BCUT2D eigenvalue weighted by molar-refractivity contribution is 0.153. The first-order chi connectivity index (χ1) is 9.31. The molecule has 1 fully saturated rings. The van der Waals surface area contributed by atoms with Crippen molar-refractivity contribution in [2.24, 2.45) is 0 Å². The molecule has 0 aliphatic carbocycles. The van der Waals surface area contributed by atoms with Crippen molar-refractivity contribution in [1.29, 1.82) is 0 Å². The fourth-order valence-corrected chi connectivity index (χ4v) is 3.09. The van der Waals surface area contributed by atoms with Crippen LogP contribution in [0.4, 0.5) is 5.69 Å². The quantitative estimate of drug-likeness (QED) is 0.890. The molecule has 2 heterocycles. The molecule has 2 aliphatic heterocycles. The molecule has 0 unspecified atom stereocenters. The van der Waals surface area contributed by atoms with Gasteiger partial charge in [0.15, 0.2) is 0 Å². The van der Waals surface area contributed by atoms with Crippen LogP contribution in [0, 0.1) is 0 Å². The number of fused-ring (bicyclic) bond motifs is 1. The number of hydrogen-bond donors (Lipinski definition) is 1. The van der Waals surface area contributed by atoms with E-state index in [0.717, 1.165) is 6.54 Å². The molecule has 3 rings (SSSR count). The van der Waals surface area contributed by atoms with Crippen molar-refractivity contribution in [3.8, 4) is 0 Å². The Morgan fingerprint density at radius 1 is 1.16 bits per heavy atom. The van der Waals surface area contributed by atoms with Crippen molar-refractivity contribution >= 4 is 5.69 Å². The fraction of sp³-hybridized carbons (Fsp3) is 0.625. The summed E-state index contributed by atoms with van der Waals surface area (Å²) in [4.78, 5) is 5.03. The first kappa shape index (κ1) is 12.9. The number of aryl methyl sites for hydroxylation is 1. The highest BCUT2D eigenvalue weighted by molar-refractivity contribution is 5.56. The van der Waals surface area contributed by atoms with E-state index in [0.29, 0.717) is 0 Å². The van der Waals surface area contributed by atoms with Crippen molar-refractivity contribution in [3.05, 3.63) is 29.3 Å². The Balaban J connectivity index is 1.45. The van der Waals surface area contributed by atoms with Gasteiger partial charge in [0.25, 0.3) is 0 Å². The molecule has 0 bridgehead atoms. The van der Waals surface area contributed by atoms with Gasteiger partial charge in [-0.2, -0.15) is 0 Å². The molecule has 0 atom stereocenters. The van der Waals surface area contributed by atoms with E-state index in [2.05, 4.69) is 40.4 Å². The van der Waals surface area contributed by atoms with E-state index in [1.807, 2.05) is 0 Å². The van der Waals surface area contributed by atoms with E-state index >= 15 is 0 Å². The Morgan fingerprint density at radius 2 is 2.00 bits per heavy atom. The third kappa shape index (κ3) is 3.28. The van der Waals surface area contributed by atoms with Crippen molar-refractivity contribution in [2.45, 2.75) is 19.3 Å². The highest BCUT2D eigenvalue weighted by atomic mass is 15.2. The minimum atomic E-state index is 1.11. The molecule has 19 heavy (non-hydrogen) atoms. The normalized spacial score (nSPS) is 20.3. The summed E-state index contributed by atoms with van der Waals surface area (Å²) >= 11 is 0. The van der Waals surface area contributed by atoms with Crippen LogP contribution < -0.4 is 5.32 Å². The number of piperazine rings is 1.